The number of rotatable bonds is 6. The van der Waals surface area contributed by atoms with Crippen molar-refractivity contribution < 1.29 is 19.1 Å². The van der Waals surface area contributed by atoms with Gasteiger partial charge in [-0.1, -0.05) is 29.8 Å². The van der Waals surface area contributed by atoms with Gasteiger partial charge in [0.1, 0.15) is 6.42 Å². The van der Waals surface area contributed by atoms with Gasteiger partial charge in [-0.15, -0.1) is 0 Å². The fourth-order valence-electron chi connectivity index (χ4n) is 2.26. The van der Waals surface area contributed by atoms with Crippen molar-refractivity contribution in [2.45, 2.75) is 20.3 Å². The van der Waals surface area contributed by atoms with Gasteiger partial charge < -0.3 is 15.4 Å². The van der Waals surface area contributed by atoms with Crippen LogP contribution in [0.1, 0.15) is 29.3 Å². The van der Waals surface area contributed by atoms with Gasteiger partial charge >= 0.3 is 5.97 Å². The lowest BCUT2D eigenvalue weighted by molar-refractivity contribution is -0.123. The monoisotopic (exact) mass is 374 g/mol. The molecule has 6 nitrogen and oxygen atoms in total. The Bertz CT molecular complexity index is 836. The summed E-state index contributed by atoms with van der Waals surface area (Å²) in [5.41, 5.74) is 1.79. The largest absolute Gasteiger partial charge is 0.462 e. The molecule has 0 aliphatic rings. The van der Waals surface area contributed by atoms with Crippen molar-refractivity contribution in [3.8, 4) is 0 Å². The number of nitrogens with one attached hydrogen (secondary N) is 2. The van der Waals surface area contributed by atoms with E-state index >= 15 is 0 Å². The van der Waals surface area contributed by atoms with Crippen LogP contribution in [0.4, 0.5) is 11.4 Å². The number of anilines is 2. The van der Waals surface area contributed by atoms with Crippen LogP contribution in [-0.2, 0) is 14.3 Å². The molecule has 26 heavy (non-hydrogen) atoms. The van der Waals surface area contributed by atoms with Crippen LogP contribution in [-0.4, -0.2) is 24.4 Å². The van der Waals surface area contributed by atoms with E-state index < -0.39 is 24.2 Å². The molecule has 0 aliphatic heterocycles. The third-order valence-electron chi connectivity index (χ3n) is 3.56. The minimum atomic E-state index is -0.543. The zero-order valence-electron chi connectivity index (χ0n) is 14.5. The number of halogens is 1. The fourth-order valence-corrected chi connectivity index (χ4v) is 2.43. The standard InChI is InChI=1S/C19H19ClN2O4/c1-3-26-19(25)13-7-4-5-9-16(13)22-18(24)11-17(23)21-15-10-6-8-14(20)12(15)2/h4-10H,3,11H2,1-2H3,(H,21,23)(H,22,24). The van der Waals surface area contributed by atoms with Crippen molar-refractivity contribution in [1.82, 2.24) is 0 Å². The van der Waals surface area contributed by atoms with E-state index in [1.807, 2.05) is 0 Å². The van der Waals surface area contributed by atoms with Crippen LogP contribution < -0.4 is 10.6 Å². The third kappa shape index (κ3) is 5.07. The highest BCUT2D eigenvalue weighted by molar-refractivity contribution is 6.31. The molecule has 0 aromatic heterocycles. The van der Waals surface area contributed by atoms with Crippen molar-refractivity contribution in [2.75, 3.05) is 17.2 Å². The smallest absolute Gasteiger partial charge is 0.340 e. The molecule has 136 valence electrons. The summed E-state index contributed by atoms with van der Waals surface area (Å²) in [4.78, 5) is 36.2. The SMILES string of the molecule is CCOC(=O)c1ccccc1NC(=O)CC(=O)Nc1cccc(Cl)c1C. The van der Waals surface area contributed by atoms with E-state index in [0.717, 1.165) is 5.56 Å². The van der Waals surface area contributed by atoms with Gasteiger partial charge in [0.05, 0.1) is 17.9 Å². The number of carbonyl (C=O) groups is 3. The molecule has 2 aromatic rings. The van der Waals surface area contributed by atoms with Crippen molar-refractivity contribution >= 4 is 40.8 Å². The summed E-state index contributed by atoms with van der Waals surface area (Å²) in [6.45, 7) is 3.69. The van der Waals surface area contributed by atoms with Gasteiger partial charge in [0.25, 0.3) is 0 Å². The van der Waals surface area contributed by atoms with Crippen LogP contribution in [0.25, 0.3) is 0 Å². The molecule has 0 bridgehead atoms. The first kappa shape index (κ1) is 19.5. The Morgan fingerprint density at radius 1 is 0.962 bits per heavy atom. The summed E-state index contributed by atoms with van der Waals surface area (Å²) in [7, 11) is 0. The second kappa shape index (κ2) is 9.01. The summed E-state index contributed by atoms with van der Waals surface area (Å²) in [5.74, 6) is -1.57. The molecule has 0 saturated carbocycles. The summed E-state index contributed by atoms with van der Waals surface area (Å²) in [6.07, 6.45) is -0.400. The molecule has 0 heterocycles. The van der Waals surface area contributed by atoms with Crippen LogP contribution in [0.3, 0.4) is 0 Å². The maximum absolute atomic E-state index is 12.1. The van der Waals surface area contributed by atoms with Crippen molar-refractivity contribution in [3.05, 3.63) is 58.6 Å². The van der Waals surface area contributed by atoms with Crippen molar-refractivity contribution in [2.24, 2.45) is 0 Å². The van der Waals surface area contributed by atoms with Crippen LogP contribution in [0.5, 0.6) is 0 Å². The number of carbonyl (C=O) groups excluding carboxylic acids is 3. The fraction of sp³-hybridized carbons (Fsp3) is 0.211. The molecule has 7 heteroatoms. The van der Waals surface area contributed by atoms with Crippen molar-refractivity contribution in [1.29, 1.82) is 0 Å². The number of benzene rings is 2. The highest BCUT2D eigenvalue weighted by Crippen LogP contribution is 2.23. The van der Waals surface area contributed by atoms with Gasteiger partial charge in [0.15, 0.2) is 0 Å². The Hall–Kier alpha value is -2.86. The molecule has 0 aliphatic carbocycles. The molecule has 0 saturated heterocycles. The first-order chi connectivity index (χ1) is 12.4. The third-order valence-corrected chi connectivity index (χ3v) is 3.97. The molecule has 2 aromatic carbocycles. The van der Waals surface area contributed by atoms with E-state index in [1.165, 1.54) is 0 Å². The molecule has 0 unspecified atom stereocenters. The molecular formula is C19H19ClN2O4. The van der Waals surface area contributed by atoms with E-state index in [1.54, 1.807) is 56.3 Å². The highest BCUT2D eigenvalue weighted by Gasteiger charge is 2.16. The quantitative estimate of drug-likeness (QED) is 0.595. The lowest BCUT2D eigenvalue weighted by Crippen LogP contribution is -2.23. The molecule has 0 atom stereocenters. The number of amides is 2. The van der Waals surface area contributed by atoms with Gasteiger partial charge in [-0.25, -0.2) is 4.79 Å². The Morgan fingerprint density at radius 2 is 1.58 bits per heavy atom. The Labute approximate surface area is 156 Å². The first-order valence-electron chi connectivity index (χ1n) is 8.03. The molecule has 2 amide bonds. The average molecular weight is 375 g/mol. The molecular weight excluding hydrogens is 356 g/mol. The second-order valence-electron chi connectivity index (χ2n) is 5.45. The van der Waals surface area contributed by atoms with Gasteiger partial charge in [-0.3, -0.25) is 9.59 Å². The topological polar surface area (TPSA) is 84.5 Å². The zero-order valence-corrected chi connectivity index (χ0v) is 15.2. The van der Waals surface area contributed by atoms with E-state index in [9.17, 15) is 14.4 Å². The highest BCUT2D eigenvalue weighted by atomic mass is 35.5. The minimum absolute atomic E-state index is 0.225. The summed E-state index contributed by atoms with van der Waals surface area (Å²) >= 11 is 6.01. The van der Waals surface area contributed by atoms with Gasteiger partial charge in [-0.05, 0) is 43.7 Å². The lowest BCUT2D eigenvalue weighted by atomic mass is 10.1. The number of para-hydroxylation sites is 1. The molecule has 2 rings (SSSR count). The summed E-state index contributed by atoms with van der Waals surface area (Å²) < 4.78 is 4.95. The molecule has 0 fully saturated rings. The molecule has 0 radical (unpaired) electrons. The molecule has 0 spiro atoms. The van der Waals surface area contributed by atoms with Gasteiger partial charge in [-0.2, -0.15) is 0 Å². The van der Waals surface area contributed by atoms with Crippen LogP contribution in [0.15, 0.2) is 42.5 Å². The zero-order chi connectivity index (χ0) is 19.1. The number of ether oxygens (including phenoxy) is 1. The van der Waals surface area contributed by atoms with Gasteiger partial charge in [0, 0.05) is 10.7 Å². The van der Waals surface area contributed by atoms with E-state index in [-0.39, 0.29) is 12.2 Å². The number of hydrogen-bond donors (Lipinski definition) is 2. The first-order valence-corrected chi connectivity index (χ1v) is 8.41. The maximum Gasteiger partial charge on any atom is 0.340 e. The number of hydrogen-bond acceptors (Lipinski definition) is 4. The predicted octanol–water partition coefficient (Wildman–Crippen LogP) is 3.79. The normalized spacial score (nSPS) is 10.1. The number of esters is 1. The van der Waals surface area contributed by atoms with Crippen LogP contribution in [0, 0.1) is 6.92 Å². The minimum Gasteiger partial charge on any atom is -0.462 e. The maximum atomic E-state index is 12.1. The van der Waals surface area contributed by atoms with E-state index in [0.29, 0.717) is 16.4 Å². The second-order valence-corrected chi connectivity index (χ2v) is 5.86. The Morgan fingerprint density at radius 3 is 2.27 bits per heavy atom. The Balaban J connectivity index is 2.02. The summed E-state index contributed by atoms with van der Waals surface area (Å²) in [5, 5.41) is 5.74. The van der Waals surface area contributed by atoms with Gasteiger partial charge in [0.2, 0.25) is 11.8 Å². The van der Waals surface area contributed by atoms with E-state index in [2.05, 4.69) is 10.6 Å². The summed E-state index contributed by atoms with van der Waals surface area (Å²) in [6, 6.07) is 11.6. The molecule has 2 N–H and O–H groups in total. The van der Waals surface area contributed by atoms with Crippen molar-refractivity contribution in [3.63, 3.8) is 0 Å². The average Bonchev–Trinajstić information content (AvgIpc) is 2.59. The lowest BCUT2D eigenvalue weighted by Gasteiger charge is -2.11. The predicted molar refractivity (Wildman–Crippen MR) is 100 cm³/mol. The van der Waals surface area contributed by atoms with E-state index in [4.69, 9.17) is 16.3 Å². The van der Waals surface area contributed by atoms with Crippen LogP contribution in [0.2, 0.25) is 5.02 Å². The van der Waals surface area contributed by atoms with Crippen LogP contribution >= 0.6 is 11.6 Å². The Kier molecular flexibility index (Phi) is 6.74.